The number of ether oxygens (including phenoxy) is 1. The van der Waals surface area contributed by atoms with Gasteiger partial charge in [0.25, 0.3) is 0 Å². The summed E-state index contributed by atoms with van der Waals surface area (Å²) in [6.07, 6.45) is 0. The van der Waals surface area contributed by atoms with Crippen molar-refractivity contribution in [3.05, 3.63) is 58.9 Å². The fourth-order valence-corrected chi connectivity index (χ4v) is 6.16. The number of carbonyl (C=O) groups excluding carboxylic acids is 1. The molecular formula is C20H20ClFN2O4S. The van der Waals surface area contributed by atoms with Crippen LogP contribution in [0.4, 0.5) is 14.9 Å². The summed E-state index contributed by atoms with van der Waals surface area (Å²) in [6, 6.07) is 9.78. The molecule has 29 heavy (non-hydrogen) atoms. The van der Waals surface area contributed by atoms with E-state index in [4.69, 9.17) is 16.3 Å². The molecule has 2 fully saturated rings. The minimum atomic E-state index is -3.32. The number of anilines is 1. The van der Waals surface area contributed by atoms with Gasteiger partial charge in [0, 0.05) is 16.3 Å². The van der Waals surface area contributed by atoms with Crippen molar-refractivity contribution in [2.45, 2.75) is 25.6 Å². The second-order valence-corrected chi connectivity index (χ2v) is 9.68. The normalized spacial score (nSPS) is 22.8. The standard InChI is InChI=1S/C20H20ClFN2O4S/c1-2-28-14-8-6-13(7-9-14)24-19-12-29(26,27)11-18(19)23(20(24)25)10-15-16(21)4-3-5-17(15)22/h3-9,18-19H,2,10-12H2,1H3/t18-,19+/m0/s1. The minimum Gasteiger partial charge on any atom is -0.494 e. The first-order valence-electron chi connectivity index (χ1n) is 9.26. The van der Waals surface area contributed by atoms with E-state index >= 15 is 0 Å². The first-order valence-corrected chi connectivity index (χ1v) is 11.5. The number of fused-ring (bicyclic) bond motifs is 1. The maximum absolute atomic E-state index is 14.3. The Labute approximate surface area is 173 Å². The Morgan fingerprint density at radius 2 is 1.83 bits per heavy atom. The quantitative estimate of drug-likeness (QED) is 0.670. The molecule has 0 aromatic heterocycles. The van der Waals surface area contributed by atoms with Crippen LogP contribution in [0.5, 0.6) is 5.75 Å². The van der Waals surface area contributed by atoms with Crippen LogP contribution in [-0.4, -0.2) is 49.5 Å². The number of rotatable bonds is 5. The van der Waals surface area contributed by atoms with Gasteiger partial charge in [-0.1, -0.05) is 17.7 Å². The number of sulfone groups is 1. The van der Waals surface area contributed by atoms with E-state index in [-0.39, 0.29) is 34.7 Å². The predicted molar refractivity (Wildman–Crippen MR) is 109 cm³/mol. The molecule has 2 aliphatic heterocycles. The number of hydrogen-bond donors (Lipinski definition) is 0. The lowest BCUT2D eigenvalue weighted by molar-refractivity contribution is 0.205. The van der Waals surface area contributed by atoms with E-state index in [0.29, 0.717) is 18.0 Å². The molecule has 6 nitrogen and oxygen atoms in total. The van der Waals surface area contributed by atoms with Crippen molar-refractivity contribution < 1.29 is 22.3 Å². The second kappa shape index (κ2) is 7.50. The summed E-state index contributed by atoms with van der Waals surface area (Å²) in [5, 5.41) is 0.203. The van der Waals surface area contributed by atoms with Crippen molar-refractivity contribution in [1.82, 2.24) is 4.90 Å². The van der Waals surface area contributed by atoms with Gasteiger partial charge in [-0.3, -0.25) is 4.90 Å². The van der Waals surface area contributed by atoms with Gasteiger partial charge >= 0.3 is 6.03 Å². The van der Waals surface area contributed by atoms with E-state index in [1.165, 1.54) is 21.9 Å². The van der Waals surface area contributed by atoms with Gasteiger partial charge in [0.05, 0.1) is 36.7 Å². The molecule has 0 unspecified atom stereocenters. The lowest BCUT2D eigenvalue weighted by Crippen LogP contribution is -2.37. The molecule has 0 aliphatic carbocycles. The van der Waals surface area contributed by atoms with E-state index < -0.39 is 27.7 Å². The summed E-state index contributed by atoms with van der Waals surface area (Å²) in [7, 11) is -3.32. The van der Waals surface area contributed by atoms with Crippen LogP contribution in [0.1, 0.15) is 12.5 Å². The topological polar surface area (TPSA) is 66.9 Å². The third-order valence-electron chi connectivity index (χ3n) is 5.29. The van der Waals surface area contributed by atoms with Gasteiger partial charge < -0.3 is 9.64 Å². The summed E-state index contributed by atoms with van der Waals surface area (Å²) in [6.45, 7) is 2.30. The van der Waals surface area contributed by atoms with Gasteiger partial charge in [0.15, 0.2) is 9.84 Å². The SMILES string of the molecule is CCOc1ccc(N2C(=O)N(Cc3c(F)cccc3Cl)[C@H]3CS(=O)(=O)C[C@H]32)cc1. The Balaban J connectivity index is 1.69. The van der Waals surface area contributed by atoms with Crippen LogP contribution >= 0.6 is 11.6 Å². The van der Waals surface area contributed by atoms with Crippen LogP contribution in [0.25, 0.3) is 0 Å². The fourth-order valence-electron chi connectivity index (χ4n) is 3.99. The van der Waals surface area contributed by atoms with Crippen LogP contribution in [0.3, 0.4) is 0 Å². The van der Waals surface area contributed by atoms with Crippen molar-refractivity contribution in [3.63, 3.8) is 0 Å². The largest absolute Gasteiger partial charge is 0.494 e. The highest BCUT2D eigenvalue weighted by Crippen LogP contribution is 2.37. The molecule has 0 saturated carbocycles. The number of halogens is 2. The molecule has 0 spiro atoms. The van der Waals surface area contributed by atoms with E-state index in [0.717, 1.165) is 0 Å². The van der Waals surface area contributed by atoms with Crippen molar-refractivity contribution in [1.29, 1.82) is 0 Å². The molecule has 2 aromatic carbocycles. The maximum atomic E-state index is 14.3. The Morgan fingerprint density at radius 3 is 2.48 bits per heavy atom. The highest BCUT2D eigenvalue weighted by atomic mass is 35.5. The third kappa shape index (κ3) is 3.67. The number of hydrogen-bond acceptors (Lipinski definition) is 4. The summed E-state index contributed by atoms with van der Waals surface area (Å²) in [5.41, 5.74) is 0.756. The molecular weight excluding hydrogens is 419 g/mol. The van der Waals surface area contributed by atoms with Crippen LogP contribution in [0.2, 0.25) is 5.02 Å². The third-order valence-corrected chi connectivity index (χ3v) is 7.35. The Hall–Kier alpha value is -2.32. The van der Waals surface area contributed by atoms with Gasteiger partial charge in [0.1, 0.15) is 11.6 Å². The van der Waals surface area contributed by atoms with E-state index in [2.05, 4.69) is 0 Å². The Morgan fingerprint density at radius 1 is 1.14 bits per heavy atom. The summed E-state index contributed by atoms with van der Waals surface area (Å²) in [5.74, 6) is -0.142. The molecule has 154 valence electrons. The van der Waals surface area contributed by atoms with Crippen molar-refractivity contribution in [2.24, 2.45) is 0 Å². The maximum Gasteiger partial charge on any atom is 0.325 e. The lowest BCUT2D eigenvalue weighted by Gasteiger charge is -2.23. The molecule has 2 amide bonds. The van der Waals surface area contributed by atoms with Crippen LogP contribution < -0.4 is 9.64 Å². The Kier molecular flexibility index (Phi) is 5.16. The molecule has 0 radical (unpaired) electrons. The van der Waals surface area contributed by atoms with E-state index in [1.807, 2.05) is 6.92 Å². The smallest absolute Gasteiger partial charge is 0.325 e. The number of carbonyl (C=O) groups is 1. The predicted octanol–water partition coefficient (Wildman–Crippen LogP) is 3.49. The van der Waals surface area contributed by atoms with Crippen molar-refractivity contribution in [3.8, 4) is 5.75 Å². The van der Waals surface area contributed by atoms with Crippen molar-refractivity contribution >= 4 is 33.2 Å². The zero-order chi connectivity index (χ0) is 20.8. The highest BCUT2D eigenvalue weighted by molar-refractivity contribution is 7.91. The molecule has 9 heteroatoms. The first-order chi connectivity index (χ1) is 13.8. The number of benzene rings is 2. The minimum absolute atomic E-state index is 0.0887. The van der Waals surface area contributed by atoms with E-state index in [1.54, 1.807) is 30.3 Å². The van der Waals surface area contributed by atoms with Crippen LogP contribution in [0, 0.1) is 5.82 Å². The van der Waals surface area contributed by atoms with Gasteiger partial charge in [0.2, 0.25) is 0 Å². The number of amides is 2. The van der Waals surface area contributed by atoms with E-state index in [9.17, 15) is 17.6 Å². The first kappa shape index (κ1) is 20.0. The van der Waals surface area contributed by atoms with Gasteiger partial charge in [-0.15, -0.1) is 0 Å². The molecule has 2 saturated heterocycles. The average molecular weight is 439 g/mol. The molecule has 2 heterocycles. The van der Waals surface area contributed by atoms with Crippen molar-refractivity contribution in [2.75, 3.05) is 23.0 Å². The van der Waals surface area contributed by atoms with Crippen LogP contribution in [-0.2, 0) is 16.4 Å². The summed E-state index contributed by atoms with van der Waals surface area (Å²) >= 11 is 6.13. The zero-order valence-electron chi connectivity index (χ0n) is 15.7. The number of nitrogens with zero attached hydrogens (tertiary/aromatic N) is 2. The average Bonchev–Trinajstić information content (AvgIpc) is 3.09. The zero-order valence-corrected chi connectivity index (χ0v) is 17.3. The monoisotopic (exact) mass is 438 g/mol. The number of urea groups is 1. The lowest BCUT2D eigenvalue weighted by atomic mass is 10.1. The van der Waals surface area contributed by atoms with Crippen LogP contribution in [0.15, 0.2) is 42.5 Å². The van der Waals surface area contributed by atoms with Gasteiger partial charge in [-0.2, -0.15) is 0 Å². The summed E-state index contributed by atoms with van der Waals surface area (Å²) < 4.78 is 44.4. The van der Waals surface area contributed by atoms with Gasteiger partial charge in [-0.25, -0.2) is 17.6 Å². The summed E-state index contributed by atoms with van der Waals surface area (Å²) in [4.78, 5) is 16.1. The molecule has 0 N–H and O–H groups in total. The molecule has 2 aromatic rings. The Bertz CT molecular complexity index is 1020. The second-order valence-electron chi connectivity index (χ2n) is 7.12. The molecule has 4 rings (SSSR count). The molecule has 2 aliphatic rings. The van der Waals surface area contributed by atoms with Gasteiger partial charge in [-0.05, 0) is 43.3 Å². The highest BCUT2D eigenvalue weighted by Gasteiger charge is 2.54. The molecule has 0 bridgehead atoms. The molecule has 2 atom stereocenters. The fraction of sp³-hybridized carbons (Fsp3) is 0.350.